The van der Waals surface area contributed by atoms with Gasteiger partial charge in [0.05, 0.1) is 28.1 Å². The van der Waals surface area contributed by atoms with Crippen LogP contribution in [0.2, 0.25) is 10.0 Å². The van der Waals surface area contributed by atoms with Gasteiger partial charge in [-0.25, -0.2) is 4.79 Å². The Balaban J connectivity index is 2.02. The Morgan fingerprint density at radius 3 is 2.54 bits per heavy atom. The Morgan fingerprint density at radius 1 is 1.14 bits per heavy atom. The molecule has 0 fully saturated rings. The second-order valence-electron chi connectivity index (χ2n) is 9.55. The van der Waals surface area contributed by atoms with Crippen molar-refractivity contribution in [3.8, 4) is 0 Å². The Kier molecular flexibility index (Phi) is 9.02. The van der Waals surface area contributed by atoms with Gasteiger partial charge >= 0.3 is 5.97 Å². The van der Waals surface area contributed by atoms with Crippen molar-refractivity contribution in [3.05, 3.63) is 62.5 Å². The Bertz CT molecular complexity index is 1130. The molecule has 0 aliphatic carbocycles. The van der Waals surface area contributed by atoms with Crippen LogP contribution in [0.15, 0.2) is 39.7 Å². The molecular weight excluding hydrogens is 489 g/mol. The molecular formula is C26H33Cl2N3O4. The number of dihydropyridines is 1. The number of benzene rings is 1. The summed E-state index contributed by atoms with van der Waals surface area (Å²) >= 11 is 13.0. The highest BCUT2D eigenvalue weighted by Gasteiger charge is 2.39. The number of esters is 1. The standard InChI is InChI=1S/C26H33Cl2N3O4/c1-7-8-12-33-13-14-34-24(32)20-16(3)29-15(2)19(23-30-25(31-35-23)26(4,5)6)21(20)17-10-9-11-18(27)22(17)28/h9-11,21,29H,7-8,12-14H2,1-6H3. The molecule has 0 radical (unpaired) electrons. The maximum Gasteiger partial charge on any atom is 0.336 e. The lowest BCUT2D eigenvalue weighted by atomic mass is 9.80. The van der Waals surface area contributed by atoms with Crippen LogP contribution in [-0.2, 0) is 19.7 Å². The van der Waals surface area contributed by atoms with Crippen LogP contribution < -0.4 is 5.32 Å². The van der Waals surface area contributed by atoms with E-state index in [1.165, 1.54) is 0 Å². The number of halogens is 2. The first-order valence-electron chi connectivity index (χ1n) is 11.8. The average Bonchev–Trinajstić information content (AvgIpc) is 3.28. The first-order chi connectivity index (χ1) is 16.6. The summed E-state index contributed by atoms with van der Waals surface area (Å²) in [6.45, 7) is 12.9. The fraction of sp³-hybridized carbons (Fsp3) is 0.500. The zero-order valence-corrected chi connectivity index (χ0v) is 22.6. The molecule has 2 aromatic rings. The second kappa shape index (κ2) is 11.6. The highest BCUT2D eigenvalue weighted by atomic mass is 35.5. The second-order valence-corrected chi connectivity index (χ2v) is 10.3. The van der Waals surface area contributed by atoms with E-state index in [0.29, 0.717) is 57.4 Å². The van der Waals surface area contributed by atoms with Gasteiger partial charge in [0.25, 0.3) is 5.89 Å². The van der Waals surface area contributed by atoms with E-state index in [2.05, 4.69) is 22.4 Å². The molecule has 0 saturated carbocycles. The number of rotatable bonds is 9. The molecule has 0 spiro atoms. The number of hydrogen-bond donors (Lipinski definition) is 1. The number of nitrogens with one attached hydrogen (secondary N) is 1. The van der Waals surface area contributed by atoms with Crippen molar-refractivity contribution in [1.82, 2.24) is 15.5 Å². The van der Waals surface area contributed by atoms with E-state index in [1.54, 1.807) is 12.1 Å². The van der Waals surface area contributed by atoms with E-state index in [4.69, 9.17) is 37.2 Å². The molecule has 1 aromatic carbocycles. The van der Waals surface area contributed by atoms with Crippen molar-refractivity contribution in [3.63, 3.8) is 0 Å². The van der Waals surface area contributed by atoms with Gasteiger partial charge in [0.15, 0.2) is 5.82 Å². The largest absolute Gasteiger partial charge is 0.460 e. The minimum atomic E-state index is -0.621. The predicted octanol–water partition coefficient (Wildman–Crippen LogP) is 6.43. The van der Waals surface area contributed by atoms with Gasteiger partial charge in [-0.2, -0.15) is 4.98 Å². The highest BCUT2D eigenvalue weighted by Crippen LogP contribution is 2.46. The van der Waals surface area contributed by atoms with Crippen molar-refractivity contribution in [1.29, 1.82) is 0 Å². The van der Waals surface area contributed by atoms with Crippen LogP contribution in [0.4, 0.5) is 0 Å². The van der Waals surface area contributed by atoms with E-state index < -0.39 is 11.9 Å². The minimum absolute atomic E-state index is 0.141. The van der Waals surface area contributed by atoms with Crippen LogP contribution in [0.3, 0.4) is 0 Å². The Hall–Kier alpha value is -2.35. The van der Waals surface area contributed by atoms with Crippen LogP contribution in [0.5, 0.6) is 0 Å². The van der Waals surface area contributed by atoms with Gasteiger partial charge in [-0.1, -0.05) is 74.6 Å². The highest BCUT2D eigenvalue weighted by molar-refractivity contribution is 6.42. The van der Waals surface area contributed by atoms with Crippen molar-refractivity contribution >= 4 is 34.7 Å². The third kappa shape index (κ3) is 6.26. The molecule has 35 heavy (non-hydrogen) atoms. The first-order valence-corrected chi connectivity index (χ1v) is 12.5. The van der Waals surface area contributed by atoms with Crippen LogP contribution in [-0.4, -0.2) is 35.9 Å². The van der Waals surface area contributed by atoms with E-state index in [-0.39, 0.29) is 12.0 Å². The molecule has 1 aromatic heterocycles. The third-order valence-corrected chi connectivity index (χ3v) is 6.54. The van der Waals surface area contributed by atoms with Crippen LogP contribution in [0.1, 0.15) is 77.6 Å². The normalized spacial score (nSPS) is 16.5. The van der Waals surface area contributed by atoms with Crippen molar-refractivity contribution < 1.29 is 18.8 Å². The van der Waals surface area contributed by atoms with Crippen LogP contribution in [0.25, 0.3) is 5.57 Å². The summed E-state index contributed by atoms with van der Waals surface area (Å²) in [7, 11) is 0. The van der Waals surface area contributed by atoms with Crippen LogP contribution in [0, 0.1) is 0 Å². The molecule has 1 aliphatic heterocycles. The third-order valence-electron chi connectivity index (χ3n) is 5.70. The lowest BCUT2D eigenvalue weighted by Gasteiger charge is -2.30. The van der Waals surface area contributed by atoms with Gasteiger partial charge in [0.2, 0.25) is 0 Å². The summed E-state index contributed by atoms with van der Waals surface area (Å²) in [5.74, 6) is -0.232. The monoisotopic (exact) mass is 521 g/mol. The van der Waals surface area contributed by atoms with E-state index in [1.807, 2.05) is 40.7 Å². The molecule has 9 heteroatoms. The van der Waals surface area contributed by atoms with E-state index in [0.717, 1.165) is 18.5 Å². The molecule has 3 rings (SSSR count). The quantitative estimate of drug-likeness (QED) is 0.300. The molecule has 190 valence electrons. The Morgan fingerprint density at radius 2 is 1.89 bits per heavy atom. The summed E-state index contributed by atoms with van der Waals surface area (Å²) in [5.41, 5.74) is 2.81. The maximum atomic E-state index is 13.4. The number of aromatic nitrogens is 2. The topological polar surface area (TPSA) is 86.5 Å². The van der Waals surface area contributed by atoms with Gasteiger partial charge < -0.3 is 19.3 Å². The average molecular weight is 522 g/mol. The van der Waals surface area contributed by atoms with E-state index in [9.17, 15) is 4.79 Å². The smallest absolute Gasteiger partial charge is 0.336 e. The number of ether oxygens (including phenoxy) is 2. The fourth-order valence-electron chi connectivity index (χ4n) is 3.86. The molecule has 0 bridgehead atoms. The zero-order chi connectivity index (χ0) is 25.8. The van der Waals surface area contributed by atoms with Crippen molar-refractivity contribution in [2.24, 2.45) is 0 Å². The van der Waals surface area contributed by atoms with Gasteiger partial charge in [0.1, 0.15) is 6.61 Å². The van der Waals surface area contributed by atoms with Crippen LogP contribution >= 0.6 is 23.2 Å². The zero-order valence-electron chi connectivity index (χ0n) is 21.1. The molecule has 0 amide bonds. The summed E-state index contributed by atoms with van der Waals surface area (Å²) < 4.78 is 16.8. The van der Waals surface area contributed by atoms with Crippen molar-refractivity contribution in [2.75, 3.05) is 19.8 Å². The number of carbonyl (C=O) groups is 1. The lowest BCUT2D eigenvalue weighted by molar-refractivity contribution is -0.140. The first kappa shape index (κ1) is 27.2. The van der Waals surface area contributed by atoms with Gasteiger partial charge in [-0.3, -0.25) is 0 Å². The van der Waals surface area contributed by atoms with Crippen molar-refractivity contribution in [2.45, 2.75) is 65.7 Å². The molecule has 2 heterocycles. The number of unbranched alkanes of at least 4 members (excludes halogenated alkanes) is 1. The number of allylic oxidation sites excluding steroid dienone is 3. The summed E-state index contributed by atoms with van der Waals surface area (Å²) in [6, 6.07) is 5.34. The van der Waals surface area contributed by atoms with E-state index >= 15 is 0 Å². The van der Waals surface area contributed by atoms with Gasteiger partial charge in [0, 0.05) is 29.0 Å². The molecule has 1 atom stereocenters. The molecule has 7 nitrogen and oxygen atoms in total. The predicted molar refractivity (Wildman–Crippen MR) is 137 cm³/mol. The fourth-order valence-corrected chi connectivity index (χ4v) is 4.28. The Labute approximate surface area is 216 Å². The molecule has 1 N–H and O–H groups in total. The summed E-state index contributed by atoms with van der Waals surface area (Å²) in [6.07, 6.45) is 2.01. The van der Waals surface area contributed by atoms with Gasteiger partial charge in [-0.15, -0.1) is 0 Å². The molecule has 1 aliphatic rings. The minimum Gasteiger partial charge on any atom is -0.460 e. The number of carbonyl (C=O) groups excluding carboxylic acids is 1. The number of nitrogens with zero attached hydrogens (tertiary/aromatic N) is 2. The molecule has 0 saturated heterocycles. The lowest BCUT2D eigenvalue weighted by Crippen LogP contribution is -2.29. The summed E-state index contributed by atoms with van der Waals surface area (Å²) in [5, 5.41) is 8.20. The molecule has 1 unspecified atom stereocenters. The SMILES string of the molecule is CCCCOCCOC(=O)C1=C(C)NC(C)=C(c2nc(C(C)(C)C)no2)C1c1cccc(Cl)c1Cl. The van der Waals surface area contributed by atoms with Gasteiger partial charge in [-0.05, 0) is 31.9 Å². The maximum absolute atomic E-state index is 13.4. The summed E-state index contributed by atoms with van der Waals surface area (Å²) in [4.78, 5) is 18.0. The number of hydrogen-bond acceptors (Lipinski definition) is 7.